The first-order valence-corrected chi connectivity index (χ1v) is 8.74. The van der Waals surface area contributed by atoms with Crippen molar-refractivity contribution in [3.63, 3.8) is 0 Å². The van der Waals surface area contributed by atoms with Crippen LogP contribution in [0.25, 0.3) is 10.2 Å². The average Bonchev–Trinajstić information content (AvgIpc) is 2.94. The van der Waals surface area contributed by atoms with Crippen LogP contribution in [-0.4, -0.2) is 23.7 Å². The number of aromatic nitrogens is 1. The predicted molar refractivity (Wildman–Crippen MR) is 88.3 cm³/mol. The molecule has 2 fully saturated rings. The Morgan fingerprint density at radius 3 is 3.14 bits per heavy atom. The second-order valence-corrected chi connectivity index (χ2v) is 7.96. The summed E-state index contributed by atoms with van der Waals surface area (Å²) in [6, 6.07) is 4.40. The predicted octanol–water partition coefficient (Wildman–Crippen LogP) is 4.57. The number of hydrogen-bond acceptors (Lipinski definition) is 4. The minimum atomic E-state index is 0.132. The van der Waals surface area contributed by atoms with Gasteiger partial charge in [-0.2, -0.15) is 0 Å². The normalized spacial score (nSPS) is 30.7. The summed E-state index contributed by atoms with van der Waals surface area (Å²) < 4.78 is 7.15. The molecule has 5 heteroatoms. The quantitative estimate of drug-likeness (QED) is 0.879. The lowest BCUT2D eigenvalue weighted by Gasteiger charge is -2.60. The molecule has 2 aromatic rings. The summed E-state index contributed by atoms with van der Waals surface area (Å²) in [5, 5.41) is 4.45. The summed E-state index contributed by atoms with van der Waals surface area (Å²) >= 11 is 8.08. The zero-order valence-corrected chi connectivity index (χ0v) is 13.8. The lowest BCUT2D eigenvalue weighted by Crippen LogP contribution is -2.67. The molecule has 3 nitrogen and oxygen atoms in total. The van der Waals surface area contributed by atoms with Crippen molar-refractivity contribution in [3.8, 4) is 0 Å². The third-order valence-electron chi connectivity index (χ3n) is 5.08. The van der Waals surface area contributed by atoms with Crippen LogP contribution in [0.3, 0.4) is 0 Å². The molecule has 2 heterocycles. The van der Waals surface area contributed by atoms with Crippen molar-refractivity contribution in [2.45, 2.75) is 38.8 Å². The van der Waals surface area contributed by atoms with Crippen molar-refractivity contribution < 1.29 is 4.74 Å². The van der Waals surface area contributed by atoms with Gasteiger partial charge in [0, 0.05) is 24.0 Å². The van der Waals surface area contributed by atoms with E-state index < -0.39 is 0 Å². The van der Waals surface area contributed by atoms with Gasteiger partial charge in [-0.1, -0.05) is 25.4 Å². The average molecular weight is 323 g/mol. The SMILES string of the molecule is CC1(C)C(Nc2c(Cl)ccc3scnc23)C2CCCOC21. The minimum Gasteiger partial charge on any atom is -0.378 e. The van der Waals surface area contributed by atoms with E-state index in [9.17, 15) is 0 Å². The number of anilines is 1. The van der Waals surface area contributed by atoms with Crippen molar-refractivity contribution in [3.05, 3.63) is 22.7 Å². The first-order valence-electron chi connectivity index (χ1n) is 7.49. The summed E-state index contributed by atoms with van der Waals surface area (Å²) in [4.78, 5) is 4.48. The van der Waals surface area contributed by atoms with E-state index in [1.165, 1.54) is 11.1 Å². The number of benzene rings is 1. The van der Waals surface area contributed by atoms with E-state index in [2.05, 4.69) is 24.1 Å². The molecule has 4 rings (SSSR count). The molecule has 1 aromatic heterocycles. The summed E-state index contributed by atoms with van der Waals surface area (Å²) in [7, 11) is 0. The van der Waals surface area contributed by atoms with Crippen LogP contribution in [0.1, 0.15) is 26.7 Å². The second kappa shape index (κ2) is 4.83. The summed E-state index contributed by atoms with van der Waals surface area (Å²) in [6.07, 6.45) is 2.76. The third kappa shape index (κ3) is 2.00. The number of thiazole rings is 1. The highest BCUT2D eigenvalue weighted by Crippen LogP contribution is 2.53. The number of nitrogens with one attached hydrogen (secondary N) is 1. The molecular weight excluding hydrogens is 304 g/mol. The summed E-state index contributed by atoms with van der Waals surface area (Å²) in [6.45, 7) is 5.47. The van der Waals surface area contributed by atoms with Crippen molar-refractivity contribution in [2.75, 3.05) is 11.9 Å². The maximum Gasteiger partial charge on any atom is 0.106 e. The number of nitrogens with zero attached hydrogens (tertiary/aromatic N) is 1. The van der Waals surface area contributed by atoms with Gasteiger partial charge in [-0.3, -0.25) is 0 Å². The Bertz CT molecular complexity index is 684. The first-order chi connectivity index (χ1) is 10.1. The third-order valence-corrected chi connectivity index (χ3v) is 6.19. The van der Waals surface area contributed by atoms with Crippen LogP contribution in [0, 0.1) is 11.3 Å². The molecule has 1 aromatic carbocycles. The van der Waals surface area contributed by atoms with E-state index in [4.69, 9.17) is 16.3 Å². The Morgan fingerprint density at radius 1 is 1.43 bits per heavy atom. The van der Waals surface area contributed by atoms with Crippen LogP contribution in [0.15, 0.2) is 17.6 Å². The Labute approximate surface area is 133 Å². The van der Waals surface area contributed by atoms with E-state index >= 15 is 0 Å². The smallest absolute Gasteiger partial charge is 0.106 e. The Kier molecular flexibility index (Phi) is 3.18. The van der Waals surface area contributed by atoms with Gasteiger partial charge in [0.05, 0.1) is 27.0 Å². The fourth-order valence-electron chi connectivity index (χ4n) is 4.01. The van der Waals surface area contributed by atoms with Gasteiger partial charge in [-0.15, -0.1) is 11.3 Å². The van der Waals surface area contributed by atoms with Crippen LogP contribution >= 0.6 is 22.9 Å². The molecule has 1 aliphatic heterocycles. The van der Waals surface area contributed by atoms with E-state index in [0.717, 1.165) is 29.3 Å². The van der Waals surface area contributed by atoms with Gasteiger partial charge >= 0.3 is 0 Å². The molecule has 0 radical (unpaired) electrons. The van der Waals surface area contributed by atoms with Gasteiger partial charge in [0.1, 0.15) is 5.52 Å². The lowest BCUT2D eigenvalue weighted by atomic mass is 9.55. The molecule has 0 amide bonds. The van der Waals surface area contributed by atoms with Gasteiger partial charge < -0.3 is 10.1 Å². The fraction of sp³-hybridized carbons (Fsp3) is 0.562. The molecule has 1 saturated heterocycles. The molecule has 3 atom stereocenters. The number of ether oxygens (including phenoxy) is 1. The van der Waals surface area contributed by atoms with Crippen LogP contribution in [0.4, 0.5) is 5.69 Å². The van der Waals surface area contributed by atoms with Crippen molar-refractivity contribution in [2.24, 2.45) is 11.3 Å². The number of rotatable bonds is 2. The molecule has 112 valence electrons. The van der Waals surface area contributed by atoms with E-state index in [0.29, 0.717) is 18.1 Å². The van der Waals surface area contributed by atoms with Crippen LogP contribution in [-0.2, 0) is 4.74 Å². The second-order valence-electron chi connectivity index (χ2n) is 6.66. The molecule has 0 spiro atoms. The van der Waals surface area contributed by atoms with E-state index in [-0.39, 0.29) is 5.41 Å². The minimum absolute atomic E-state index is 0.132. The molecule has 21 heavy (non-hydrogen) atoms. The number of hydrogen-bond donors (Lipinski definition) is 1. The van der Waals surface area contributed by atoms with Crippen molar-refractivity contribution in [1.82, 2.24) is 4.98 Å². The molecule has 1 aliphatic carbocycles. The maximum atomic E-state index is 6.42. The standard InChI is InChI=1S/C16H19ClN2OS/c1-16(2)14(9-4-3-7-20-15(9)16)19-12-10(17)5-6-11-13(12)18-8-21-11/h5-6,8-9,14-15,19H,3-4,7H2,1-2H3. The van der Waals surface area contributed by atoms with Crippen molar-refractivity contribution >= 4 is 38.8 Å². The van der Waals surface area contributed by atoms with Gasteiger partial charge in [0.2, 0.25) is 0 Å². The molecular formula is C16H19ClN2OS. The topological polar surface area (TPSA) is 34.2 Å². The highest BCUT2D eigenvalue weighted by atomic mass is 35.5. The molecule has 1 N–H and O–H groups in total. The maximum absolute atomic E-state index is 6.42. The Morgan fingerprint density at radius 2 is 2.29 bits per heavy atom. The van der Waals surface area contributed by atoms with E-state index in [1.54, 1.807) is 11.3 Å². The van der Waals surface area contributed by atoms with Gasteiger partial charge in [-0.25, -0.2) is 4.98 Å². The largest absolute Gasteiger partial charge is 0.378 e. The Balaban J connectivity index is 1.68. The summed E-state index contributed by atoms with van der Waals surface area (Å²) in [5.41, 5.74) is 3.98. The van der Waals surface area contributed by atoms with E-state index in [1.807, 2.05) is 17.6 Å². The fourth-order valence-corrected chi connectivity index (χ4v) is 4.91. The lowest BCUT2D eigenvalue weighted by molar-refractivity contribution is -0.177. The Hall–Kier alpha value is -0.840. The van der Waals surface area contributed by atoms with Crippen LogP contribution in [0.2, 0.25) is 5.02 Å². The number of halogens is 1. The first kappa shape index (κ1) is 13.8. The van der Waals surface area contributed by atoms with Gasteiger partial charge in [-0.05, 0) is 25.0 Å². The van der Waals surface area contributed by atoms with Gasteiger partial charge in [0.15, 0.2) is 0 Å². The van der Waals surface area contributed by atoms with Crippen LogP contribution < -0.4 is 5.32 Å². The van der Waals surface area contributed by atoms with Crippen LogP contribution in [0.5, 0.6) is 0 Å². The van der Waals surface area contributed by atoms with Crippen molar-refractivity contribution in [1.29, 1.82) is 0 Å². The highest BCUT2D eigenvalue weighted by molar-refractivity contribution is 7.16. The molecule has 1 saturated carbocycles. The zero-order chi connectivity index (χ0) is 14.6. The monoisotopic (exact) mass is 322 g/mol. The highest BCUT2D eigenvalue weighted by Gasteiger charge is 2.58. The summed E-state index contributed by atoms with van der Waals surface area (Å²) in [5.74, 6) is 0.582. The molecule has 3 unspecified atom stereocenters. The molecule has 2 aliphatic rings. The molecule has 0 bridgehead atoms. The zero-order valence-electron chi connectivity index (χ0n) is 12.2. The van der Waals surface area contributed by atoms with Gasteiger partial charge in [0.25, 0.3) is 0 Å². The number of fused-ring (bicyclic) bond motifs is 2.